The summed E-state index contributed by atoms with van der Waals surface area (Å²) in [7, 11) is 3.78. The normalized spacial score (nSPS) is 16.6. The Morgan fingerprint density at radius 2 is 2.07 bits per heavy atom. The zero-order valence-electron chi connectivity index (χ0n) is 18.5. The smallest absolute Gasteiger partial charge is 0.257 e. The first-order chi connectivity index (χ1) is 14.5. The van der Waals surface area contributed by atoms with Gasteiger partial charge in [0.15, 0.2) is 5.43 Å². The van der Waals surface area contributed by atoms with Gasteiger partial charge in [0, 0.05) is 35.6 Å². The lowest BCUT2D eigenvalue weighted by Gasteiger charge is -2.21. The lowest BCUT2D eigenvalue weighted by atomic mass is 10.1. The molecule has 1 aromatic carbocycles. The fraction of sp³-hybridized carbons (Fsp3) is 0.500. The second kappa shape index (κ2) is 9.94. The molecule has 1 aromatic heterocycles. The van der Waals surface area contributed by atoms with Crippen molar-refractivity contribution >= 4 is 5.91 Å². The predicted octanol–water partition coefficient (Wildman–Crippen LogP) is 2.99. The molecule has 2 heterocycles. The van der Waals surface area contributed by atoms with E-state index in [9.17, 15) is 9.59 Å². The quantitative estimate of drug-likeness (QED) is 0.725. The molecule has 3 rings (SSSR count). The van der Waals surface area contributed by atoms with Crippen LogP contribution in [0.2, 0.25) is 0 Å². The minimum Gasteiger partial charge on any atom is -0.496 e. The molecule has 0 unspecified atom stereocenters. The molecule has 1 saturated heterocycles. The van der Waals surface area contributed by atoms with Crippen LogP contribution in [-0.4, -0.2) is 48.7 Å². The molecule has 162 valence electrons. The summed E-state index contributed by atoms with van der Waals surface area (Å²) in [5.41, 5.74) is 2.67. The van der Waals surface area contributed by atoms with Gasteiger partial charge in [-0.25, -0.2) is 0 Å². The number of methoxy groups -OCH3 is 1. The number of carbonyl (C=O) groups excluding carboxylic acids is 1. The van der Waals surface area contributed by atoms with Gasteiger partial charge in [-0.1, -0.05) is 25.1 Å². The maximum atomic E-state index is 13.0. The monoisotopic (exact) mass is 411 g/mol. The molecule has 1 N–H and O–H groups in total. The van der Waals surface area contributed by atoms with Gasteiger partial charge in [-0.2, -0.15) is 0 Å². The Kier molecular flexibility index (Phi) is 7.32. The van der Waals surface area contributed by atoms with E-state index in [0.717, 1.165) is 35.7 Å². The second-order valence-corrected chi connectivity index (χ2v) is 8.04. The summed E-state index contributed by atoms with van der Waals surface area (Å²) in [5, 5.41) is 2.99. The number of aromatic nitrogens is 1. The molecule has 1 amide bonds. The molecule has 2 aromatic rings. The highest BCUT2D eigenvalue weighted by atomic mass is 16.5. The van der Waals surface area contributed by atoms with Crippen molar-refractivity contribution in [3.8, 4) is 5.75 Å². The average Bonchev–Trinajstić information content (AvgIpc) is 3.14. The van der Waals surface area contributed by atoms with Gasteiger partial charge in [0.25, 0.3) is 5.91 Å². The van der Waals surface area contributed by atoms with Gasteiger partial charge < -0.3 is 19.5 Å². The minimum absolute atomic E-state index is 0.212. The third-order valence-corrected chi connectivity index (χ3v) is 6.14. The zero-order valence-corrected chi connectivity index (χ0v) is 18.5. The molecule has 0 bridgehead atoms. The van der Waals surface area contributed by atoms with Crippen LogP contribution in [0.1, 0.15) is 53.5 Å². The fourth-order valence-corrected chi connectivity index (χ4v) is 4.45. The number of aryl methyl sites for hydroxylation is 1. The highest BCUT2D eigenvalue weighted by Crippen LogP contribution is 2.21. The predicted molar refractivity (Wildman–Crippen MR) is 120 cm³/mol. The Balaban J connectivity index is 1.84. The highest BCUT2D eigenvalue weighted by molar-refractivity contribution is 5.95. The number of hydrogen-bond donors (Lipinski definition) is 1. The maximum absolute atomic E-state index is 13.0. The number of amides is 1. The Morgan fingerprint density at radius 3 is 2.73 bits per heavy atom. The van der Waals surface area contributed by atoms with Gasteiger partial charge >= 0.3 is 0 Å². The van der Waals surface area contributed by atoms with Crippen LogP contribution in [0.4, 0.5) is 0 Å². The summed E-state index contributed by atoms with van der Waals surface area (Å²) in [6, 6.07) is 9.90. The van der Waals surface area contributed by atoms with Crippen molar-refractivity contribution in [1.29, 1.82) is 0 Å². The van der Waals surface area contributed by atoms with Gasteiger partial charge in [-0.05, 0) is 52.3 Å². The van der Waals surface area contributed by atoms with E-state index in [2.05, 4.69) is 21.8 Å². The van der Waals surface area contributed by atoms with Gasteiger partial charge in [-0.15, -0.1) is 0 Å². The van der Waals surface area contributed by atoms with Crippen LogP contribution in [0.5, 0.6) is 5.75 Å². The molecule has 0 saturated carbocycles. The van der Waals surface area contributed by atoms with Crippen LogP contribution < -0.4 is 15.5 Å². The molecule has 1 aliphatic heterocycles. The second-order valence-electron chi connectivity index (χ2n) is 8.04. The number of benzene rings is 1. The third-order valence-electron chi connectivity index (χ3n) is 6.14. The Morgan fingerprint density at radius 1 is 1.30 bits per heavy atom. The fourth-order valence-electron chi connectivity index (χ4n) is 4.45. The van der Waals surface area contributed by atoms with Crippen LogP contribution in [0.3, 0.4) is 0 Å². The van der Waals surface area contributed by atoms with E-state index in [1.165, 1.54) is 12.8 Å². The lowest BCUT2D eigenvalue weighted by molar-refractivity contribution is 0.0947. The van der Waals surface area contributed by atoms with Crippen molar-refractivity contribution in [1.82, 2.24) is 14.8 Å². The topological polar surface area (TPSA) is 63.6 Å². The van der Waals surface area contributed by atoms with E-state index in [4.69, 9.17) is 4.74 Å². The number of likely N-dealkylation sites (tertiary alicyclic amines) is 1. The Bertz CT molecular complexity index is 951. The van der Waals surface area contributed by atoms with E-state index in [0.29, 0.717) is 25.6 Å². The first-order valence-electron chi connectivity index (χ1n) is 10.8. The Labute approximate surface area is 178 Å². The summed E-state index contributed by atoms with van der Waals surface area (Å²) in [5.74, 6) is 0.524. The maximum Gasteiger partial charge on any atom is 0.257 e. The van der Waals surface area contributed by atoms with Crippen LogP contribution in [-0.2, 0) is 13.0 Å². The largest absolute Gasteiger partial charge is 0.496 e. The number of rotatable bonds is 8. The number of carbonyl (C=O) groups is 1. The number of nitrogens with zero attached hydrogens (tertiary/aromatic N) is 2. The number of nitrogens with one attached hydrogen (secondary N) is 1. The van der Waals surface area contributed by atoms with Crippen molar-refractivity contribution < 1.29 is 9.53 Å². The summed E-state index contributed by atoms with van der Waals surface area (Å²) < 4.78 is 7.54. The van der Waals surface area contributed by atoms with Gasteiger partial charge in [0.05, 0.1) is 13.7 Å². The number of hydrogen-bond acceptors (Lipinski definition) is 4. The number of ether oxygens (including phenoxy) is 1. The summed E-state index contributed by atoms with van der Waals surface area (Å²) in [6.07, 6.45) is 3.88. The van der Waals surface area contributed by atoms with E-state index in [-0.39, 0.29) is 16.9 Å². The van der Waals surface area contributed by atoms with E-state index < -0.39 is 0 Å². The van der Waals surface area contributed by atoms with Gasteiger partial charge in [-0.3, -0.25) is 9.59 Å². The van der Waals surface area contributed by atoms with E-state index in [1.54, 1.807) is 13.2 Å². The molecule has 6 heteroatoms. The van der Waals surface area contributed by atoms with Crippen molar-refractivity contribution in [2.75, 3.05) is 27.2 Å². The summed E-state index contributed by atoms with van der Waals surface area (Å²) in [6.45, 7) is 6.14. The molecule has 1 aliphatic rings. The van der Waals surface area contributed by atoms with Crippen LogP contribution in [0.25, 0.3) is 0 Å². The van der Waals surface area contributed by atoms with Crippen molar-refractivity contribution in [2.45, 2.75) is 52.1 Å². The van der Waals surface area contributed by atoms with E-state index in [1.807, 2.05) is 38.1 Å². The van der Waals surface area contributed by atoms with Crippen molar-refractivity contribution in [3.63, 3.8) is 0 Å². The molecule has 1 fully saturated rings. The molecule has 1 atom stereocenters. The van der Waals surface area contributed by atoms with Crippen LogP contribution in [0, 0.1) is 6.92 Å². The van der Waals surface area contributed by atoms with Crippen LogP contribution >= 0.6 is 0 Å². The first kappa shape index (κ1) is 22.1. The SMILES string of the molecule is CCc1c(C(=O)NCC[C@H]2CCCN2C)c(=O)cc(C)n1Cc1ccccc1OC. The average molecular weight is 412 g/mol. The van der Waals surface area contributed by atoms with Crippen molar-refractivity contribution in [2.24, 2.45) is 0 Å². The zero-order chi connectivity index (χ0) is 21.7. The molecular weight excluding hydrogens is 378 g/mol. The molecule has 0 radical (unpaired) electrons. The molecule has 0 spiro atoms. The standard InChI is InChI=1S/C24H33N3O3/c1-5-20-23(24(29)25-13-12-19-10-8-14-26(19)3)21(28)15-17(2)27(20)16-18-9-6-7-11-22(18)30-4/h6-7,9,11,15,19H,5,8,10,12-14,16H2,1-4H3,(H,25,29)/t19-/m1/s1. The Hall–Kier alpha value is -2.60. The summed E-state index contributed by atoms with van der Waals surface area (Å²) >= 11 is 0. The van der Waals surface area contributed by atoms with Crippen LogP contribution in [0.15, 0.2) is 35.1 Å². The number of para-hydroxylation sites is 1. The lowest BCUT2D eigenvalue weighted by Crippen LogP contribution is -2.35. The third kappa shape index (κ3) is 4.75. The molecule has 0 aliphatic carbocycles. The molecule has 6 nitrogen and oxygen atoms in total. The molecular formula is C24H33N3O3. The first-order valence-corrected chi connectivity index (χ1v) is 10.8. The van der Waals surface area contributed by atoms with E-state index >= 15 is 0 Å². The van der Waals surface area contributed by atoms with Gasteiger partial charge in [0.1, 0.15) is 11.3 Å². The minimum atomic E-state index is -0.272. The van der Waals surface area contributed by atoms with Crippen molar-refractivity contribution in [3.05, 3.63) is 63.1 Å². The highest BCUT2D eigenvalue weighted by Gasteiger charge is 2.22. The van der Waals surface area contributed by atoms with Gasteiger partial charge in [0.2, 0.25) is 0 Å². The molecule has 30 heavy (non-hydrogen) atoms. The number of pyridine rings is 1. The summed E-state index contributed by atoms with van der Waals surface area (Å²) in [4.78, 5) is 28.1.